The molecule has 2 aromatic heterocycles. The topological polar surface area (TPSA) is 152 Å². The zero-order chi connectivity index (χ0) is 29.7. The second-order valence-electron chi connectivity index (χ2n) is 11.7. The largest absolute Gasteiger partial charge is 0.382 e. The van der Waals surface area contributed by atoms with Crippen molar-refractivity contribution >= 4 is 34.5 Å². The maximum absolute atomic E-state index is 14.0. The monoisotopic (exact) mass is 574 g/mol. The molecule has 2 aromatic carbocycles. The molecular weight excluding hydrogens is 544 g/mol. The zero-order valence-electron chi connectivity index (χ0n) is 23.4. The molecule has 3 N–H and O–H groups in total. The standard InChI is InChI=1S/C32H30N8O3/c33-15-21(12-19-6-7-19)31(42)38-16-22-13-26(14-23(22)17-38)40-29-27(28(34)35-18-36-29)39(32(40)43)25-10-8-20(9-11-25)30(41)37-24-4-2-1-3-5-24/h1-5,8-12,18-19,22-23,26H,6-7,13-14,16-17H2,(H,37,41)(H2,34,35,36). The van der Waals surface area contributed by atoms with Gasteiger partial charge < -0.3 is 16.0 Å². The number of hydrogen-bond donors (Lipinski definition) is 2. The number of nitrogens with zero attached hydrogens (tertiary/aromatic N) is 6. The molecule has 43 heavy (non-hydrogen) atoms. The van der Waals surface area contributed by atoms with Crippen LogP contribution in [0.15, 0.2) is 77.4 Å². The van der Waals surface area contributed by atoms with Gasteiger partial charge in [-0.15, -0.1) is 0 Å². The number of para-hydroxylation sites is 1. The number of allylic oxidation sites excluding steroid dienone is 1. The van der Waals surface area contributed by atoms with E-state index in [1.807, 2.05) is 36.4 Å². The molecule has 2 amide bonds. The van der Waals surface area contributed by atoms with Gasteiger partial charge in [0.1, 0.15) is 23.5 Å². The first-order valence-corrected chi connectivity index (χ1v) is 14.5. The van der Waals surface area contributed by atoms with Gasteiger partial charge in [0.2, 0.25) is 0 Å². The highest BCUT2D eigenvalue weighted by Gasteiger charge is 2.44. The number of amides is 2. The number of rotatable bonds is 6. The lowest BCUT2D eigenvalue weighted by molar-refractivity contribution is -0.126. The van der Waals surface area contributed by atoms with Crippen molar-refractivity contribution in [3.05, 3.63) is 88.6 Å². The smallest absolute Gasteiger partial charge is 0.335 e. The van der Waals surface area contributed by atoms with Crippen LogP contribution in [-0.2, 0) is 4.79 Å². The summed E-state index contributed by atoms with van der Waals surface area (Å²) in [4.78, 5) is 50.3. The minimum absolute atomic E-state index is 0.119. The first-order chi connectivity index (χ1) is 20.9. The van der Waals surface area contributed by atoms with Crippen LogP contribution in [0, 0.1) is 29.1 Å². The van der Waals surface area contributed by atoms with Crippen LogP contribution in [0.2, 0.25) is 0 Å². The van der Waals surface area contributed by atoms with E-state index in [1.54, 1.807) is 33.7 Å². The summed E-state index contributed by atoms with van der Waals surface area (Å²) in [5, 5.41) is 12.4. The average Bonchev–Trinajstić information content (AvgIpc) is 3.50. The molecule has 0 radical (unpaired) electrons. The van der Waals surface area contributed by atoms with Gasteiger partial charge in [0.25, 0.3) is 11.8 Å². The minimum atomic E-state index is -0.277. The number of carbonyl (C=O) groups excluding carboxylic acids is 2. The molecule has 11 heteroatoms. The Labute approximate surface area is 247 Å². The molecule has 1 saturated heterocycles. The SMILES string of the molecule is N#CC(=CC1CC1)C(=O)N1CC2CC(n3c(=O)n(-c4ccc(C(=O)Nc5ccccc5)cc4)c4c(N)ncnc43)CC2C1. The highest BCUT2D eigenvalue weighted by Crippen LogP contribution is 2.45. The van der Waals surface area contributed by atoms with Gasteiger partial charge in [0.05, 0.1) is 5.69 Å². The Kier molecular flexibility index (Phi) is 6.54. The van der Waals surface area contributed by atoms with Gasteiger partial charge in [-0.3, -0.25) is 18.7 Å². The first kappa shape index (κ1) is 26.6. The van der Waals surface area contributed by atoms with Crippen molar-refractivity contribution < 1.29 is 9.59 Å². The predicted octanol–water partition coefficient (Wildman–Crippen LogP) is 3.69. The maximum Gasteiger partial charge on any atom is 0.335 e. The molecular formula is C32H30N8O3. The van der Waals surface area contributed by atoms with Crippen LogP contribution in [0.4, 0.5) is 11.5 Å². The Morgan fingerprint density at radius 1 is 1.00 bits per heavy atom. The number of likely N-dealkylation sites (tertiary alicyclic amines) is 1. The number of carbonyl (C=O) groups is 2. The van der Waals surface area contributed by atoms with E-state index < -0.39 is 0 Å². The maximum atomic E-state index is 14.0. The highest BCUT2D eigenvalue weighted by atomic mass is 16.2. The summed E-state index contributed by atoms with van der Waals surface area (Å²) in [6.45, 7) is 1.14. The first-order valence-electron chi connectivity index (χ1n) is 14.5. The Bertz CT molecular complexity index is 1850. The van der Waals surface area contributed by atoms with Gasteiger partial charge in [-0.25, -0.2) is 14.8 Å². The third kappa shape index (κ3) is 4.84. The van der Waals surface area contributed by atoms with E-state index in [-0.39, 0.29) is 46.8 Å². The van der Waals surface area contributed by atoms with E-state index in [0.717, 1.165) is 12.8 Å². The summed E-state index contributed by atoms with van der Waals surface area (Å²) in [6, 6.07) is 17.9. The molecule has 1 aliphatic heterocycles. The van der Waals surface area contributed by atoms with Crippen molar-refractivity contribution in [2.75, 3.05) is 24.1 Å². The number of nitrogen functional groups attached to an aromatic ring is 1. The van der Waals surface area contributed by atoms with Gasteiger partial charge >= 0.3 is 5.69 Å². The van der Waals surface area contributed by atoms with Gasteiger partial charge in [0.15, 0.2) is 11.5 Å². The average molecular weight is 575 g/mol. The van der Waals surface area contributed by atoms with Crippen LogP contribution in [0.25, 0.3) is 16.9 Å². The number of aromatic nitrogens is 4. The van der Waals surface area contributed by atoms with Gasteiger partial charge in [-0.05, 0) is 79.8 Å². The number of hydrogen-bond acceptors (Lipinski definition) is 7. The molecule has 2 aliphatic carbocycles. The number of nitrogens with one attached hydrogen (secondary N) is 1. The molecule has 216 valence electrons. The summed E-state index contributed by atoms with van der Waals surface area (Å²) in [6.07, 6.45) is 6.68. The van der Waals surface area contributed by atoms with E-state index in [1.165, 1.54) is 10.9 Å². The molecule has 3 aliphatic rings. The Morgan fingerprint density at radius 3 is 2.35 bits per heavy atom. The van der Waals surface area contributed by atoms with Crippen LogP contribution < -0.4 is 16.7 Å². The van der Waals surface area contributed by atoms with Crippen LogP contribution in [0.1, 0.15) is 42.1 Å². The highest BCUT2D eigenvalue weighted by molar-refractivity contribution is 6.04. The van der Waals surface area contributed by atoms with E-state index >= 15 is 0 Å². The second-order valence-corrected chi connectivity index (χ2v) is 11.7. The summed E-state index contributed by atoms with van der Waals surface area (Å²) in [5.74, 6) is 0.545. The molecule has 3 fully saturated rings. The molecule has 4 aromatic rings. The van der Waals surface area contributed by atoms with Crippen LogP contribution in [-0.4, -0.2) is 48.9 Å². The number of imidazole rings is 1. The Balaban J connectivity index is 1.14. The predicted molar refractivity (Wildman–Crippen MR) is 160 cm³/mol. The van der Waals surface area contributed by atoms with Gasteiger partial charge in [-0.2, -0.15) is 5.26 Å². The van der Waals surface area contributed by atoms with E-state index in [2.05, 4.69) is 21.4 Å². The van der Waals surface area contributed by atoms with Crippen LogP contribution in [0.5, 0.6) is 0 Å². The molecule has 2 saturated carbocycles. The fourth-order valence-corrected chi connectivity index (χ4v) is 6.59. The summed E-state index contributed by atoms with van der Waals surface area (Å²) in [5.41, 5.74) is 8.83. The van der Waals surface area contributed by atoms with Crippen molar-refractivity contribution in [3.63, 3.8) is 0 Å². The lowest BCUT2D eigenvalue weighted by Crippen LogP contribution is -2.32. The molecule has 2 atom stereocenters. The fraction of sp³-hybridized carbons (Fsp3) is 0.312. The molecule has 3 heterocycles. The van der Waals surface area contributed by atoms with Gasteiger partial charge in [0, 0.05) is 30.4 Å². The number of fused-ring (bicyclic) bond motifs is 2. The van der Waals surface area contributed by atoms with Gasteiger partial charge in [-0.1, -0.05) is 24.3 Å². The van der Waals surface area contributed by atoms with Crippen LogP contribution >= 0.6 is 0 Å². The van der Waals surface area contributed by atoms with Crippen molar-refractivity contribution in [1.82, 2.24) is 24.0 Å². The molecule has 0 spiro atoms. The third-order valence-electron chi connectivity index (χ3n) is 8.85. The molecule has 0 bridgehead atoms. The number of nitrogens with two attached hydrogens (primary N) is 1. The van der Waals surface area contributed by atoms with E-state index in [4.69, 9.17) is 5.73 Å². The third-order valence-corrected chi connectivity index (χ3v) is 8.85. The Morgan fingerprint density at radius 2 is 1.70 bits per heavy atom. The number of anilines is 2. The minimum Gasteiger partial charge on any atom is -0.382 e. The van der Waals surface area contributed by atoms with Crippen molar-refractivity contribution in [2.24, 2.45) is 17.8 Å². The fourth-order valence-electron chi connectivity index (χ4n) is 6.59. The van der Waals surface area contributed by atoms with Crippen molar-refractivity contribution in [3.8, 4) is 11.8 Å². The van der Waals surface area contributed by atoms with Crippen molar-refractivity contribution in [2.45, 2.75) is 31.7 Å². The summed E-state index contributed by atoms with van der Waals surface area (Å²) >= 11 is 0. The normalized spacial score (nSPS) is 21.5. The molecule has 11 nitrogen and oxygen atoms in total. The summed E-state index contributed by atoms with van der Waals surface area (Å²) < 4.78 is 3.22. The summed E-state index contributed by atoms with van der Waals surface area (Å²) in [7, 11) is 0. The number of nitriles is 1. The quantitative estimate of drug-likeness (QED) is 0.263. The molecule has 7 rings (SSSR count). The van der Waals surface area contributed by atoms with E-state index in [9.17, 15) is 19.6 Å². The van der Waals surface area contributed by atoms with Crippen LogP contribution in [0.3, 0.4) is 0 Å². The lowest BCUT2D eigenvalue weighted by Gasteiger charge is -2.19. The second kappa shape index (κ2) is 10.5. The van der Waals surface area contributed by atoms with Crippen molar-refractivity contribution in [1.29, 1.82) is 5.26 Å². The molecule has 2 unspecified atom stereocenters. The lowest BCUT2D eigenvalue weighted by atomic mass is 10.0. The van der Waals surface area contributed by atoms with E-state index in [0.29, 0.717) is 60.0 Å². The Hall–Kier alpha value is -5.24. The number of benzene rings is 2. The zero-order valence-corrected chi connectivity index (χ0v) is 23.4.